The highest BCUT2D eigenvalue weighted by molar-refractivity contribution is 8.76. The molecule has 1 aliphatic heterocycles. The van der Waals surface area contributed by atoms with Gasteiger partial charge in [0, 0.05) is 44.0 Å². The number of nitrogens with two attached hydrogens (primary N) is 1. The number of carbonyl (C=O) groups is 5. The summed E-state index contributed by atoms with van der Waals surface area (Å²) in [5.74, 6) is -1.14. The monoisotopic (exact) mass is 702 g/mol. The first-order valence-electron chi connectivity index (χ1n) is 14.9. The second kappa shape index (κ2) is 21.2. The van der Waals surface area contributed by atoms with Gasteiger partial charge in [-0.15, -0.1) is 0 Å². The Labute approximate surface area is 284 Å². The van der Waals surface area contributed by atoms with Crippen molar-refractivity contribution < 1.29 is 29.1 Å². The van der Waals surface area contributed by atoms with Gasteiger partial charge in [0.2, 0.25) is 17.6 Å². The highest BCUT2D eigenvalue weighted by Crippen LogP contribution is 2.21. The molecule has 0 bridgehead atoms. The average molecular weight is 703 g/mol. The molecule has 252 valence electrons. The number of hydrogen-bond donors (Lipinski definition) is 8. The maximum atomic E-state index is 13.8. The maximum absolute atomic E-state index is 13.8. The summed E-state index contributed by atoms with van der Waals surface area (Å²) in [5.41, 5.74) is 12.4. The normalized spacial score (nSPS) is 24.4. The molecule has 1 fully saturated rings. The zero-order valence-corrected chi connectivity index (χ0v) is 29.1. The van der Waals surface area contributed by atoms with Gasteiger partial charge in [0.25, 0.3) is 0 Å². The Morgan fingerprint density at radius 2 is 1.64 bits per heavy atom. The second-order valence-electron chi connectivity index (χ2n) is 11.1. The van der Waals surface area contributed by atoms with E-state index in [1.807, 2.05) is 13.8 Å². The summed E-state index contributed by atoms with van der Waals surface area (Å²) in [5, 5.41) is 15.7. The van der Waals surface area contributed by atoms with Crippen LogP contribution in [-0.2, 0) is 30.4 Å². The molecule has 1 heterocycles. The van der Waals surface area contributed by atoms with Crippen molar-refractivity contribution in [2.75, 3.05) is 42.8 Å². The van der Waals surface area contributed by atoms with Gasteiger partial charge in [-0.3, -0.25) is 29.3 Å². The van der Waals surface area contributed by atoms with Gasteiger partial charge in [0.1, 0.15) is 11.8 Å². The molecular weight excluding hydrogens is 657 g/mol. The third-order valence-corrected chi connectivity index (χ3v) is 9.80. The summed E-state index contributed by atoms with van der Waals surface area (Å²) in [4.78, 5) is 67.6. The number of amides is 2. The minimum Gasteiger partial charge on any atom is -0.508 e. The Balaban J connectivity index is 2.34. The second-order valence-corrected chi connectivity index (χ2v) is 14.3. The van der Waals surface area contributed by atoms with Crippen LogP contribution in [0.2, 0.25) is 0 Å². The lowest BCUT2D eigenvalue weighted by Gasteiger charge is -2.29. The minimum absolute atomic E-state index is 0.0733. The van der Waals surface area contributed by atoms with E-state index in [1.165, 1.54) is 38.6 Å². The van der Waals surface area contributed by atoms with Crippen LogP contribution in [0.5, 0.6) is 5.75 Å². The van der Waals surface area contributed by atoms with Gasteiger partial charge in [-0.05, 0) is 36.5 Å². The Kier molecular flexibility index (Phi) is 18.5. The van der Waals surface area contributed by atoms with Gasteiger partial charge in [0.15, 0.2) is 11.6 Å². The van der Waals surface area contributed by atoms with E-state index in [-0.39, 0.29) is 79.5 Å². The van der Waals surface area contributed by atoms with Gasteiger partial charge in [0.05, 0.1) is 29.8 Å². The molecule has 1 aromatic rings. The Bertz CT molecular complexity index is 1130. The van der Waals surface area contributed by atoms with Crippen LogP contribution in [0.3, 0.4) is 0 Å². The lowest BCUT2D eigenvalue weighted by molar-refractivity contribution is -0.139. The number of benzene rings is 1. The van der Waals surface area contributed by atoms with Crippen LogP contribution in [0.1, 0.15) is 38.7 Å². The first kappa shape index (κ1) is 39.4. The van der Waals surface area contributed by atoms with Crippen molar-refractivity contribution in [3.05, 3.63) is 29.8 Å². The summed E-state index contributed by atoms with van der Waals surface area (Å²) in [6.45, 7) is 4.36. The molecule has 0 spiro atoms. The molecule has 16 heteroatoms. The number of hydrogen-bond acceptors (Lipinski definition) is 14. The third-order valence-electron chi connectivity index (χ3n) is 7.01. The number of hydrazine groups is 1. The highest BCUT2D eigenvalue weighted by Gasteiger charge is 2.30. The van der Waals surface area contributed by atoms with Crippen LogP contribution >= 0.6 is 46.8 Å². The average Bonchev–Trinajstić information content (AvgIpc) is 3.01. The number of nitrogens with zero attached hydrogens (tertiary/aromatic N) is 1. The maximum Gasteiger partial charge on any atom is 0.245 e. The van der Waals surface area contributed by atoms with E-state index in [4.69, 9.17) is 5.73 Å². The van der Waals surface area contributed by atoms with Crippen molar-refractivity contribution in [2.24, 2.45) is 11.7 Å². The predicted molar refractivity (Wildman–Crippen MR) is 186 cm³/mol. The van der Waals surface area contributed by atoms with E-state index in [0.29, 0.717) is 17.9 Å². The molecule has 0 radical (unpaired) electrons. The van der Waals surface area contributed by atoms with Gasteiger partial charge < -0.3 is 21.1 Å². The highest BCUT2D eigenvalue weighted by atomic mass is 33.1. The largest absolute Gasteiger partial charge is 0.508 e. The van der Waals surface area contributed by atoms with Crippen molar-refractivity contribution in [2.45, 2.75) is 63.7 Å². The molecular formula is C29H46N6O6S4. The number of nitrogens with one attached hydrogen (secondary N) is 4. The molecule has 1 saturated heterocycles. The quantitative estimate of drug-likeness (QED) is 0.108. The van der Waals surface area contributed by atoms with Gasteiger partial charge >= 0.3 is 0 Å². The first-order chi connectivity index (χ1) is 21.5. The van der Waals surface area contributed by atoms with E-state index in [0.717, 1.165) is 0 Å². The first-order valence-corrected chi connectivity index (χ1v) is 18.6. The lowest BCUT2D eigenvalue weighted by Crippen LogP contribution is -2.55. The smallest absolute Gasteiger partial charge is 0.245 e. The number of phenolic OH excluding ortho intramolecular Hbond substituents is 1. The molecule has 1 aliphatic rings. The van der Waals surface area contributed by atoms with Crippen LogP contribution in [0.25, 0.3) is 0 Å². The fourth-order valence-electron chi connectivity index (χ4n) is 4.55. The van der Waals surface area contributed by atoms with Crippen molar-refractivity contribution in [1.29, 1.82) is 0 Å². The fraction of sp³-hybridized carbons (Fsp3) is 0.621. The molecule has 4 atom stereocenters. The number of phenols is 1. The van der Waals surface area contributed by atoms with Crippen molar-refractivity contribution in [3.8, 4) is 5.75 Å². The van der Waals surface area contributed by atoms with Crippen molar-refractivity contribution >= 4 is 76.0 Å². The standard InChI is InChI=1S/C29H46N6O6S4/c1-18(2)12-21-27(39)25(37)4-3-10-35(11-9-30)29(41)22(13-19-5-7-20(36)8-6-19)32-28(40)24(15-43)31-17-45-44-16-26(38)23(14-42)34-33-21/h5-8,18,21-24,31,33-34,36,42-43H,3-4,9-17,30H2,1-2H3,(H,32,40)/t21-,22-,23-,24-/m0/s1. The molecule has 2 rings (SSSR count). The molecule has 0 aliphatic carbocycles. The van der Waals surface area contributed by atoms with Crippen LogP contribution in [-0.4, -0.2) is 106 Å². The number of thiol groups is 2. The molecule has 12 nitrogen and oxygen atoms in total. The van der Waals surface area contributed by atoms with Crippen molar-refractivity contribution in [3.63, 3.8) is 0 Å². The number of rotatable bonds is 8. The number of Topliss-reactive ketones (excluding diaryl/α,β-unsaturated/α-hetero) is 3. The lowest BCUT2D eigenvalue weighted by atomic mass is 9.97. The van der Waals surface area contributed by atoms with E-state index < -0.39 is 41.6 Å². The molecule has 0 unspecified atom stereocenters. The molecule has 2 amide bonds. The molecule has 45 heavy (non-hydrogen) atoms. The predicted octanol–water partition coefficient (Wildman–Crippen LogP) is 0.742. The van der Waals surface area contributed by atoms with Crippen LogP contribution in [0.4, 0.5) is 0 Å². The number of ketones is 3. The van der Waals surface area contributed by atoms with E-state index in [1.54, 1.807) is 12.1 Å². The van der Waals surface area contributed by atoms with Crippen molar-refractivity contribution in [1.82, 2.24) is 26.4 Å². The Morgan fingerprint density at radius 3 is 2.27 bits per heavy atom. The van der Waals surface area contributed by atoms with Gasteiger partial charge in [-0.1, -0.05) is 47.6 Å². The summed E-state index contributed by atoms with van der Waals surface area (Å²) in [7, 11) is 2.65. The van der Waals surface area contributed by atoms with Crippen LogP contribution < -0.4 is 27.2 Å². The zero-order valence-electron chi connectivity index (χ0n) is 25.7. The van der Waals surface area contributed by atoms with E-state index >= 15 is 0 Å². The summed E-state index contributed by atoms with van der Waals surface area (Å²) >= 11 is 8.61. The summed E-state index contributed by atoms with van der Waals surface area (Å²) in [6.07, 6.45) is 0.652. The molecule has 7 N–H and O–H groups in total. The Morgan fingerprint density at radius 1 is 0.978 bits per heavy atom. The van der Waals surface area contributed by atoms with E-state index in [9.17, 15) is 29.1 Å². The zero-order chi connectivity index (χ0) is 33.4. The number of carbonyl (C=O) groups excluding carboxylic acids is 5. The van der Waals surface area contributed by atoms with Gasteiger partial charge in [-0.25, -0.2) is 10.9 Å². The third kappa shape index (κ3) is 13.8. The minimum atomic E-state index is -0.965. The van der Waals surface area contributed by atoms with Gasteiger partial charge in [-0.2, -0.15) is 25.3 Å². The topological polar surface area (TPSA) is 183 Å². The summed E-state index contributed by atoms with van der Waals surface area (Å²) in [6, 6.07) is 3.14. The fourth-order valence-corrected chi connectivity index (χ4v) is 6.94. The molecule has 1 aromatic carbocycles. The molecule has 0 aromatic heterocycles. The molecule has 0 saturated carbocycles. The Hall–Kier alpha value is -1.79. The van der Waals surface area contributed by atoms with E-state index in [2.05, 4.69) is 46.7 Å². The summed E-state index contributed by atoms with van der Waals surface area (Å²) < 4.78 is 0. The SMILES string of the molecule is CC(C)C[C@@H]1NN[C@@H](CS)C(=O)CSSCN[C@@H](CS)C(=O)N[C@@H](Cc2ccc(O)cc2)C(=O)N(CCN)CCCC(=O)C1=O. The number of aromatic hydroxyl groups is 1. The van der Waals surface area contributed by atoms with Crippen LogP contribution in [0, 0.1) is 5.92 Å². The van der Waals surface area contributed by atoms with Crippen LogP contribution in [0.15, 0.2) is 24.3 Å².